The van der Waals surface area contributed by atoms with E-state index in [2.05, 4.69) is 26.1 Å². The van der Waals surface area contributed by atoms with Crippen molar-refractivity contribution in [3.63, 3.8) is 0 Å². The molecule has 1 saturated carbocycles. The summed E-state index contributed by atoms with van der Waals surface area (Å²) >= 11 is 0. The second-order valence-corrected chi connectivity index (χ2v) is 7.18. The Balaban J connectivity index is 1.88. The first-order chi connectivity index (χ1) is 9.43. The Morgan fingerprint density at radius 3 is 2.70 bits per heavy atom. The number of ether oxygens (including phenoxy) is 1. The molecule has 4 unspecified atom stereocenters. The third-order valence-electron chi connectivity index (χ3n) is 5.66. The number of rotatable bonds is 4. The highest BCUT2D eigenvalue weighted by Gasteiger charge is 2.46. The lowest BCUT2D eigenvalue weighted by Crippen LogP contribution is -2.52. The van der Waals surface area contributed by atoms with E-state index in [0.29, 0.717) is 17.9 Å². The molecule has 1 saturated heterocycles. The minimum atomic E-state index is -0.638. The zero-order valence-electron chi connectivity index (χ0n) is 13.0. The number of hydrogen-bond donors (Lipinski definition) is 2. The molecule has 0 bridgehead atoms. The van der Waals surface area contributed by atoms with Crippen molar-refractivity contribution < 1.29 is 14.6 Å². The predicted octanol–water partition coefficient (Wildman–Crippen LogP) is 2.53. The van der Waals surface area contributed by atoms with E-state index < -0.39 is 5.97 Å². The monoisotopic (exact) mass is 283 g/mol. The van der Waals surface area contributed by atoms with E-state index in [0.717, 1.165) is 32.6 Å². The van der Waals surface area contributed by atoms with E-state index >= 15 is 0 Å². The summed E-state index contributed by atoms with van der Waals surface area (Å²) in [7, 11) is 0. The summed E-state index contributed by atoms with van der Waals surface area (Å²) in [6.45, 7) is 9.19. The largest absolute Gasteiger partial charge is 0.481 e. The number of aliphatic carboxylic acids is 1. The van der Waals surface area contributed by atoms with Gasteiger partial charge in [0, 0.05) is 19.2 Å². The van der Waals surface area contributed by atoms with Gasteiger partial charge in [-0.15, -0.1) is 0 Å². The van der Waals surface area contributed by atoms with Gasteiger partial charge in [0.25, 0.3) is 0 Å². The molecule has 1 aliphatic carbocycles. The number of carboxylic acid groups (broad SMARTS) is 1. The molecule has 2 N–H and O–H groups in total. The molecule has 0 radical (unpaired) electrons. The zero-order valence-corrected chi connectivity index (χ0v) is 13.0. The first kappa shape index (κ1) is 15.8. The number of carbonyl (C=O) groups is 1. The maximum absolute atomic E-state index is 11.4. The van der Waals surface area contributed by atoms with Crippen molar-refractivity contribution in [1.82, 2.24) is 5.32 Å². The highest BCUT2D eigenvalue weighted by Crippen LogP contribution is 2.45. The maximum atomic E-state index is 11.4. The molecule has 4 nitrogen and oxygen atoms in total. The van der Waals surface area contributed by atoms with Gasteiger partial charge in [-0.1, -0.05) is 20.8 Å². The molecule has 1 heterocycles. The Bertz CT molecular complexity index is 337. The van der Waals surface area contributed by atoms with Crippen LogP contribution in [0.15, 0.2) is 0 Å². The lowest BCUT2D eigenvalue weighted by atomic mass is 9.61. The van der Waals surface area contributed by atoms with Gasteiger partial charge in [0.15, 0.2) is 0 Å². The molecular weight excluding hydrogens is 254 g/mol. The molecule has 2 aliphatic rings. The zero-order chi connectivity index (χ0) is 14.8. The van der Waals surface area contributed by atoms with Crippen LogP contribution in [0, 0.1) is 23.2 Å². The first-order valence-corrected chi connectivity index (χ1v) is 7.97. The Hall–Kier alpha value is -0.610. The molecule has 0 spiro atoms. The van der Waals surface area contributed by atoms with Crippen LogP contribution in [0.5, 0.6) is 0 Å². The second kappa shape index (κ2) is 6.44. The summed E-state index contributed by atoms with van der Waals surface area (Å²) in [5, 5.41) is 13.1. The van der Waals surface area contributed by atoms with Crippen molar-refractivity contribution >= 4 is 5.97 Å². The molecule has 0 aromatic rings. The Morgan fingerprint density at radius 1 is 1.35 bits per heavy atom. The van der Waals surface area contributed by atoms with Gasteiger partial charge >= 0.3 is 5.97 Å². The van der Waals surface area contributed by atoms with Crippen molar-refractivity contribution in [2.75, 3.05) is 19.8 Å². The Kier molecular flexibility index (Phi) is 5.08. The van der Waals surface area contributed by atoms with Crippen LogP contribution in [-0.4, -0.2) is 36.9 Å². The van der Waals surface area contributed by atoms with Crippen LogP contribution in [0.25, 0.3) is 0 Å². The molecular formula is C16H29NO3. The molecule has 116 valence electrons. The molecule has 0 aromatic carbocycles. The minimum absolute atomic E-state index is 0.148. The highest BCUT2D eigenvalue weighted by molar-refractivity contribution is 5.71. The molecule has 0 aromatic heterocycles. The van der Waals surface area contributed by atoms with Gasteiger partial charge in [0.1, 0.15) is 0 Å². The fourth-order valence-electron chi connectivity index (χ4n) is 3.81. The summed E-state index contributed by atoms with van der Waals surface area (Å²) in [6.07, 6.45) is 4.16. The van der Waals surface area contributed by atoms with Gasteiger partial charge in [-0.05, 0) is 42.9 Å². The lowest BCUT2D eigenvalue weighted by Gasteiger charge is -2.46. The molecule has 1 aliphatic heterocycles. The van der Waals surface area contributed by atoms with Crippen molar-refractivity contribution in [2.24, 2.45) is 23.2 Å². The molecule has 2 rings (SSSR count). The summed E-state index contributed by atoms with van der Waals surface area (Å²) in [6, 6.07) is 0.433. The van der Waals surface area contributed by atoms with E-state index in [1.807, 2.05) is 0 Å². The van der Waals surface area contributed by atoms with Crippen molar-refractivity contribution in [3.05, 3.63) is 0 Å². The lowest BCUT2D eigenvalue weighted by molar-refractivity contribution is -0.150. The number of carboxylic acids is 1. The van der Waals surface area contributed by atoms with Crippen LogP contribution in [0.4, 0.5) is 0 Å². The van der Waals surface area contributed by atoms with E-state index in [4.69, 9.17) is 4.74 Å². The summed E-state index contributed by atoms with van der Waals surface area (Å²) in [5.74, 6) is 0.146. The smallest absolute Gasteiger partial charge is 0.307 e. The van der Waals surface area contributed by atoms with Gasteiger partial charge in [0.2, 0.25) is 0 Å². The average Bonchev–Trinajstić information content (AvgIpc) is 2.41. The average molecular weight is 283 g/mol. The summed E-state index contributed by atoms with van der Waals surface area (Å²) in [5.41, 5.74) is -0.148. The molecule has 4 atom stereocenters. The standard InChI is InChI=1S/C16H29NO3/c1-11-14(17-9-12-5-4-8-20-10-12)7-6-13(15(18)19)16(11,2)3/h11-14,17H,4-10H2,1-3H3,(H,18,19). The van der Waals surface area contributed by atoms with Crippen LogP contribution in [0.3, 0.4) is 0 Å². The third-order valence-corrected chi connectivity index (χ3v) is 5.66. The van der Waals surface area contributed by atoms with Gasteiger partial charge in [-0.3, -0.25) is 4.79 Å². The number of nitrogens with one attached hydrogen (secondary N) is 1. The highest BCUT2D eigenvalue weighted by atomic mass is 16.5. The topological polar surface area (TPSA) is 58.6 Å². The van der Waals surface area contributed by atoms with Gasteiger partial charge in [0.05, 0.1) is 12.5 Å². The SMILES string of the molecule is CC1C(NCC2CCCOC2)CCC(C(=O)O)C1(C)C. The van der Waals surface area contributed by atoms with Crippen LogP contribution in [0.1, 0.15) is 46.5 Å². The quantitative estimate of drug-likeness (QED) is 0.832. The number of hydrogen-bond acceptors (Lipinski definition) is 3. The van der Waals surface area contributed by atoms with Gasteiger partial charge < -0.3 is 15.2 Å². The molecule has 2 fully saturated rings. The van der Waals surface area contributed by atoms with Gasteiger partial charge in [-0.25, -0.2) is 0 Å². The predicted molar refractivity (Wildman–Crippen MR) is 78.6 cm³/mol. The molecule has 0 amide bonds. The minimum Gasteiger partial charge on any atom is -0.481 e. The summed E-state index contributed by atoms with van der Waals surface area (Å²) < 4.78 is 5.52. The van der Waals surface area contributed by atoms with E-state index in [1.54, 1.807) is 0 Å². The van der Waals surface area contributed by atoms with Gasteiger partial charge in [-0.2, -0.15) is 0 Å². The van der Waals surface area contributed by atoms with Crippen LogP contribution >= 0.6 is 0 Å². The van der Waals surface area contributed by atoms with E-state index in [1.165, 1.54) is 12.8 Å². The Morgan fingerprint density at radius 2 is 2.10 bits per heavy atom. The molecule has 20 heavy (non-hydrogen) atoms. The van der Waals surface area contributed by atoms with E-state index in [9.17, 15) is 9.90 Å². The first-order valence-electron chi connectivity index (χ1n) is 7.97. The Labute approximate surface area is 122 Å². The van der Waals surface area contributed by atoms with Crippen LogP contribution < -0.4 is 5.32 Å². The van der Waals surface area contributed by atoms with Crippen molar-refractivity contribution in [3.8, 4) is 0 Å². The molecule has 4 heteroatoms. The van der Waals surface area contributed by atoms with E-state index in [-0.39, 0.29) is 11.3 Å². The van der Waals surface area contributed by atoms with Crippen molar-refractivity contribution in [1.29, 1.82) is 0 Å². The van der Waals surface area contributed by atoms with Crippen LogP contribution in [0.2, 0.25) is 0 Å². The normalized spacial score (nSPS) is 37.5. The van der Waals surface area contributed by atoms with Crippen molar-refractivity contribution in [2.45, 2.75) is 52.5 Å². The summed E-state index contributed by atoms with van der Waals surface area (Å²) in [4.78, 5) is 11.4. The fraction of sp³-hybridized carbons (Fsp3) is 0.938. The van der Waals surface area contributed by atoms with Crippen LogP contribution in [-0.2, 0) is 9.53 Å². The second-order valence-electron chi connectivity index (χ2n) is 7.18. The maximum Gasteiger partial charge on any atom is 0.307 e. The fourth-order valence-corrected chi connectivity index (χ4v) is 3.81. The third kappa shape index (κ3) is 3.34.